The molecule has 0 bridgehead atoms. The zero-order valence-corrected chi connectivity index (χ0v) is 10.2. The average Bonchev–Trinajstić information content (AvgIpc) is 2.77. The molecule has 5 nitrogen and oxygen atoms in total. The van der Waals surface area contributed by atoms with Gasteiger partial charge in [-0.3, -0.25) is 10.1 Å². The minimum atomic E-state index is -0.340. The molecule has 1 aromatic carbocycles. The van der Waals surface area contributed by atoms with Gasteiger partial charge in [-0.05, 0) is 18.7 Å². The van der Waals surface area contributed by atoms with Crippen LogP contribution in [0.4, 0.5) is 5.69 Å². The third-order valence-corrected chi connectivity index (χ3v) is 2.73. The minimum absolute atomic E-state index is 0.168. The Labute approximate surface area is 105 Å². The van der Waals surface area contributed by atoms with Crippen LogP contribution in [0.15, 0.2) is 42.7 Å². The van der Waals surface area contributed by atoms with E-state index in [1.54, 1.807) is 12.1 Å². The quantitative estimate of drug-likeness (QED) is 0.648. The summed E-state index contributed by atoms with van der Waals surface area (Å²) < 4.78 is 1.95. The molecule has 0 aliphatic rings. The molecule has 18 heavy (non-hydrogen) atoms. The fourth-order valence-electron chi connectivity index (χ4n) is 1.92. The zero-order valence-electron chi connectivity index (χ0n) is 10.2. The Morgan fingerprint density at radius 2 is 2.11 bits per heavy atom. The Balaban J connectivity index is 2.20. The number of aromatic nitrogens is 1. The lowest BCUT2D eigenvalue weighted by Crippen LogP contribution is -2.04. The first-order valence-corrected chi connectivity index (χ1v) is 5.72. The Kier molecular flexibility index (Phi) is 3.74. The molecule has 0 aliphatic carbocycles. The molecule has 1 heterocycles. The van der Waals surface area contributed by atoms with E-state index >= 15 is 0 Å². The highest BCUT2D eigenvalue weighted by molar-refractivity contribution is 5.40. The van der Waals surface area contributed by atoms with E-state index < -0.39 is 0 Å². The molecular weight excluding hydrogens is 230 g/mol. The summed E-state index contributed by atoms with van der Waals surface area (Å²) in [4.78, 5) is 10.6. The number of hydrogen-bond acceptors (Lipinski definition) is 3. The van der Waals surface area contributed by atoms with Gasteiger partial charge in [0.2, 0.25) is 0 Å². The van der Waals surface area contributed by atoms with E-state index in [2.05, 4.69) is 5.32 Å². The van der Waals surface area contributed by atoms with Gasteiger partial charge in [-0.2, -0.15) is 0 Å². The number of nitro groups is 1. The lowest BCUT2D eigenvalue weighted by Gasteiger charge is -2.04. The summed E-state index contributed by atoms with van der Waals surface area (Å²) >= 11 is 0. The van der Waals surface area contributed by atoms with Gasteiger partial charge in [0.1, 0.15) is 0 Å². The average molecular weight is 245 g/mol. The van der Waals surface area contributed by atoms with Crippen molar-refractivity contribution >= 4 is 5.69 Å². The molecule has 5 heteroatoms. The summed E-state index contributed by atoms with van der Waals surface area (Å²) in [5.74, 6) is 0. The van der Waals surface area contributed by atoms with Crippen LogP contribution in [-0.2, 0) is 13.1 Å². The highest BCUT2D eigenvalue weighted by atomic mass is 16.6. The van der Waals surface area contributed by atoms with E-state index in [1.807, 2.05) is 36.1 Å². The number of benzene rings is 1. The van der Waals surface area contributed by atoms with Gasteiger partial charge in [-0.1, -0.05) is 18.2 Å². The molecule has 0 aliphatic heterocycles. The SMILES string of the molecule is CNCc1ccn(Cc2ccccc2[N+](=O)[O-])c1. The standard InChI is InChI=1S/C13H15N3O2/c1-14-8-11-6-7-15(9-11)10-12-4-2-3-5-13(12)16(17)18/h2-7,9,14H,8,10H2,1H3. The molecule has 2 rings (SSSR count). The van der Waals surface area contributed by atoms with Crippen molar-refractivity contribution in [2.24, 2.45) is 0 Å². The lowest BCUT2D eigenvalue weighted by atomic mass is 10.2. The number of nitrogens with one attached hydrogen (secondary N) is 1. The molecule has 0 atom stereocenters. The van der Waals surface area contributed by atoms with E-state index in [0.717, 1.165) is 12.1 Å². The van der Waals surface area contributed by atoms with Crippen LogP contribution in [0.1, 0.15) is 11.1 Å². The van der Waals surface area contributed by atoms with Crippen molar-refractivity contribution in [3.05, 3.63) is 64.0 Å². The summed E-state index contributed by atoms with van der Waals surface area (Å²) in [6.45, 7) is 1.31. The summed E-state index contributed by atoms with van der Waals surface area (Å²) in [5.41, 5.74) is 2.05. The van der Waals surface area contributed by atoms with Crippen LogP contribution in [0.5, 0.6) is 0 Å². The van der Waals surface area contributed by atoms with Crippen LogP contribution < -0.4 is 5.32 Å². The van der Waals surface area contributed by atoms with Crippen LogP contribution in [0.3, 0.4) is 0 Å². The molecule has 0 saturated carbocycles. The lowest BCUT2D eigenvalue weighted by molar-refractivity contribution is -0.385. The molecular formula is C13H15N3O2. The Bertz CT molecular complexity index is 549. The van der Waals surface area contributed by atoms with Crippen molar-refractivity contribution in [3.8, 4) is 0 Å². The number of nitro benzene ring substituents is 1. The van der Waals surface area contributed by atoms with Gasteiger partial charge in [0, 0.05) is 30.6 Å². The maximum absolute atomic E-state index is 10.9. The Morgan fingerprint density at radius 1 is 1.33 bits per heavy atom. The molecule has 0 spiro atoms. The van der Waals surface area contributed by atoms with Crippen molar-refractivity contribution in [3.63, 3.8) is 0 Å². The molecule has 2 aromatic rings. The summed E-state index contributed by atoms with van der Waals surface area (Å²) in [6, 6.07) is 8.83. The van der Waals surface area contributed by atoms with E-state index in [0.29, 0.717) is 12.1 Å². The van der Waals surface area contributed by atoms with Crippen molar-refractivity contribution in [1.82, 2.24) is 9.88 Å². The zero-order chi connectivity index (χ0) is 13.0. The van der Waals surface area contributed by atoms with E-state index in [1.165, 1.54) is 6.07 Å². The second-order valence-corrected chi connectivity index (χ2v) is 4.11. The van der Waals surface area contributed by atoms with Gasteiger partial charge < -0.3 is 9.88 Å². The first-order valence-electron chi connectivity index (χ1n) is 5.72. The van der Waals surface area contributed by atoms with Crippen molar-refractivity contribution in [2.45, 2.75) is 13.1 Å². The molecule has 0 unspecified atom stereocenters. The fraction of sp³-hybridized carbons (Fsp3) is 0.231. The van der Waals surface area contributed by atoms with Crippen LogP contribution in [-0.4, -0.2) is 16.5 Å². The number of nitrogens with zero attached hydrogens (tertiary/aromatic N) is 2. The summed E-state index contributed by atoms with van der Waals surface area (Å²) in [6.07, 6.45) is 3.93. The van der Waals surface area contributed by atoms with Gasteiger partial charge in [0.25, 0.3) is 5.69 Å². The Morgan fingerprint density at radius 3 is 2.83 bits per heavy atom. The minimum Gasteiger partial charge on any atom is -0.349 e. The van der Waals surface area contributed by atoms with Gasteiger partial charge in [-0.25, -0.2) is 0 Å². The normalized spacial score (nSPS) is 10.5. The molecule has 0 fully saturated rings. The second-order valence-electron chi connectivity index (χ2n) is 4.11. The van der Waals surface area contributed by atoms with Crippen molar-refractivity contribution in [1.29, 1.82) is 0 Å². The predicted molar refractivity (Wildman–Crippen MR) is 69.4 cm³/mol. The molecule has 0 saturated heterocycles. The molecule has 1 N–H and O–H groups in total. The fourth-order valence-corrected chi connectivity index (χ4v) is 1.92. The molecule has 94 valence electrons. The van der Waals surface area contributed by atoms with E-state index in [-0.39, 0.29) is 10.6 Å². The first kappa shape index (κ1) is 12.3. The number of rotatable bonds is 5. The van der Waals surface area contributed by atoms with Gasteiger partial charge >= 0.3 is 0 Å². The highest BCUT2D eigenvalue weighted by Gasteiger charge is 2.12. The van der Waals surface area contributed by atoms with Crippen LogP contribution >= 0.6 is 0 Å². The predicted octanol–water partition coefficient (Wildman–Crippen LogP) is 2.16. The van der Waals surface area contributed by atoms with Gasteiger partial charge in [0.15, 0.2) is 0 Å². The van der Waals surface area contributed by atoms with Crippen LogP contribution in [0.2, 0.25) is 0 Å². The second kappa shape index (κ2) is 5.46. The molecule has 0 radical (unpaired) electrons. The van der Waals surface area contributed by atoms with Crippen LogP contribution in [0.25, 0.3) is 0 Å². The van der Waals surface area contributed by atoms with Gasteiger partial charge in [-0.15, -0.1) is 0 Å². The Hall–Kier alpha value is -2.14. The van der Waals surface area contributed by atoms with E-state index in [4.69, 9.17) is 0 Å². The summed E-state index contributed by atoms with van der Waals surface area (Å²) in [7, 11) is 1.89. The first-order chi connectivity index (χ1) is 8.70. The number of hydrogen-bond donors (Lipinski definition) is 1. The maximum atomic E-state index is 10.9. The maximum Gasteiger partial charge on any atom is 0.274 e. The van der Waals surface area contributed by atoms with E-state index in [9.17, 15) is 10.1 Å². The third-order valence-electron chi connectivity index (χ3n) is 2.73. The van der Waals surface area contributed by atoms with Crippen molar-refractivity contribution in [2.75, 3.05) is 7.05 Å². The molecule has 1 aromatic heterocycles. The third kappa shape index (κ3) is 2.75. The number of para-hydroxylation sites is 1. The van der Waals surface area contributed by atoms with Gasteiger partial charge in [0.05, 0.1) is 11.5 Å². The largest absolute Gasteiger partial charge is 0.349 e. The summed E-state index contributed by atoms with van der Waals surface area (Å²) in [5, 5.41) is 14.0. The monoisotopic (exact) mass is 245 g/mol. The molecule has 0 amide bonds. The van der Waals surface area contributed by atoms with Crippen LogP contribution in [0, 0.1) is 10.1 Å². The smallest absolute Gasteiger partial charge is 0.274 e. The topological polar surface area (TPSA) is 60.1 Å². The highest BCUT2D eigenvalue weighted by Crippen LogP contribution is 2.19. The van der Waals surface area contributed by atoms with Crippen molar-refractivity contribution < 1.29 is 4.92 Å².